The number of morpholine rings is 1. The molecule has 0 amide bonds. The number of rotatable bonds is 3. The molecule has 1 aliphatic carbocycles. The van der Waals surface area contributed by atoms with Crippen molar-refractivity contribution in [2.75, 3.05) is 13.2 Å². The molecule has 2 atom stereocenters. The first-order valence-electron chi connectivity index (χ1n) is 6.92. The third kappa shape index (κ3) is 2.35. The molecule has 0 radical (unpaired) electrons. The van der Waals surface area contributed by atoms with Crippen LogP contribution in [0, 0.1) is 6.92 Å². The molecule has 1 saturated heterocycles. The first-order chi connectivity index (χ1) is 8.78. The van der Waals surface area contributed by atoms with Gasteiger partial charge in [0.2, 0.25) is 0 Å². The fourth-order valence-corrected chi connectivity index (χ4v) is 4.20. The van der Waals surface area contributed by atoms with E-state index < -0.39 is 0 Å². The zero-order valence-electron chi connectivity index (χ0n) is 11.0. The molecule has 2 unspecified atom stereocenters. The van der Waals surface area contributed by atoms with Crippen LogP contribution in [0.25, 0.3) is 0 Å². The molecule has 2 fully saturated rings. The van der Waals surface area contributed by atoms with Crippen molar-refractivity contribution < 1.29 is 4.74 Å². The second kappa shape index (κ2) is 5.29. The van der Waals surface area contributed by atoms with Crippen LogP contribution < -0.4 is 5.73 Å². The van der Waals surface area contributed by atoms with E-state index in [2.05, 4.69) is 17.9 Å². The highest BCUT2D eigenvalue weighted by molar-refractivity contribution is 7.12. The first kappa shape index (κ1) is 12.6. The molecule has 3 nitrogen and oxygen atoms in total. The van der Waals surface area contributed by atoms with Gasteiger partial charge in [0.05, 0.1) is 12.7 Å². The van der Waals surface area contributed by atoms with Crippen molar-refractivity contribution in [3.63, 3.8) is 0 Å². The van der Waals surface area contributed by atoms with Gasteiger partial charge in [-0.15, -0.1) is 11.3 Å². The Morgan fingerprint density at radius 1 is 1.50 bits per heavy atom. The molecule has 1 aromatic heterocycles. The maximum atomic E-state index is 5.87. The van der Waals surface area contributed by atoms with Gasteiger partial charge in [-0.05, 0) is 37.8 Å². The van der Waals surface area contributed by atoms with Crippen molar-refractivity contribution >= 4 is 11.3 Å². The third-order valence-electron chi connectivity index (χ3n) is 4.24. The van der Waals surface area contributed by atoms with Gasteiger partial charge in [-0.2, -0.15) is 0 Å². The van der Waals surface area contributed by atoms with E-state index >= 15 is 0 Å². The number of hydrogen-bond acceptors (Lipinski definition) is 4. The van der Waals surface area contributed by atoms with Crippen LogP contribution in [-0.4, -0.2) is 30.2 Å². The van der Waals surface area contributed by atoms with Gasteiger partial charge in [0, 0.05) is 35.4 Å². The molecule has 0 spiro atoms. The summed E-state index contributed by atoms with van der Waals surface area (Å²) in [6, 6.07) is 2.94. The normalized spacial score (nSPS) is 28.6. The Labute approximate surface area is 113 Å². The molecule has 2 N–H and O–H groups in total. The smallest absolute Gasteiger partial charge is 0.0731 e. The first-order valence-corrected chi connectivity index (χ1v) is 7.73. The van der Waals surface area contributed by atoms with E-state index in [4.69, 9.17) is 10.5 Å². The molecule has 1 saturated carbocycles. The van der Waals surface area contributed by atoms with Crippen molar-refractivity contribution in [2.45, 2.75) is 51.4 Å². The minimum absolute atomic E-state index is 0.492. The average Bonchev–Trinajstić information content (AvgIpc) is 2.97. The van der Waals surface area contributed by atoms with Crippen LogP contribution in [0.5, 0.6) is 0 Å². The summed E-state index contributed by atoms with van der Waals surface area (Å²) in [5.41, 5.74) is 7.19. The Kier molecular flexibility index (Phi) is 3.71. The molecule has 3 rings (SSSR count). The van der Waals surface area contributed by atoms with Crippen molar-refractivity contribution in [1.82, 2.24) is 4.90 Å². The molecule has 2 aliphatic rings. The van der Waals surface area contributed by atoms with Crippen LogP contribution in [0.3, 0.4) is 0 Å². The van der Waals surface area contributed by atoms with E-state index in [0.29, 0.717) is 18.7 Å². The Morgan fingerprint density at radius 3 is 3.17 bits per heavy atom. The van der Waals surface area contributed by atoms with Crippen LogP contribution in [0.15, 0.2) is 6.07 Å². The fourth-order valence-electron chi connectivity index (χ4n) is 3.27. The highest BCUT2D eigenvalue weighted by Gasteiger charge is 2.36. The van der Waals surface area contributed by atoms with Crippen molar-refractivity contribution in [2.24, 2.45) is 5.73 Å². The molecular weight excluding hydrogens is 244 g/mol. The number of nitrogens with zero attached hydrogens (tertiary/aromatic N) is 1. The number of fused-ring (bicyclic) bond motifs is 1. The van der Waals surface area contributed by atoms with E-state index in [1.54, 1.807) is 0 Å². The monoisotopic (exact) mass is 266 g/mol. The summed E-state index contributed by atoms with van der Waals surface area (Å²) in [6.07, 6.45) is 4.37. The van der Waals surface area contributed by atoms with Crippen LogP contribution in [0.4, 0.5) is 0 Å². The van der Waals surface area contributed by atoms with Gasteiger partial charge in [0.25, 0.3) is 0 Å². The largest absolute Gasteiger partial charge is 0.375 e. The van der Waals surface area contributed by atoms with E-state index in [1.807, 2.05) is 11.3 Å². The lowest BCUT2D eigenvalue weighted by atomic mass is 10.1. The summed E-state index contributed by atoms with van der Waals surface area (Å²) in [5, 5.41) is 0. The van der Waals surface area contributed by atoms with Crippen LogP contribution in [0.1, 0.15) is 34.6 Å². The van der Waals surface area contributed by atoms with Gasteiger partial charge in [-0.1, -0.05) is 0 Å². The average molecular weight is 266 g/mol. The lowest BCUT2D eigenvalue weighted by Gasteiger charge is -2.37. The summed E-state index contributed by atoms with van der Waals surface area (Å²) < 4.78 is 5.87. The fraction of sp³-hybridized carbons (Fsp3) is 0.714. The minimum atomic E-state index is 0.492. The lowest BCUT2D eigenvalue weighted by Crippen LogP contribution is -2.47. The van der Waals surface area contributed by atoms with E-state index in [-0.39, 0.29) is 0 Å². The highest BCUT2D eigenvalue weighted by Crippen LogP contribution is 2.32. The maximum absolute atomic E-state index is 5.87. The lowest BCUT2D eigenvalue weighted by molar-refractivity contribution is -0.0588. The standard InChI is InChI=1S/C14H22N2OS/c1-10-11(7-12(8-15)18-10)9-16-5-6-17-14-4-2-3-13(14)16/h7,13-14H,2-6,8-9,15H2,1H3. The molecule has 18 heavy (non-hydrogen) atoms. The minimum Gasteiger partial charge on any atom is -0.375 e. The van der Waals surface area contributed by atoms with Crippen molar-refractivity contribution in [1.29, 1.82) is 0 Å². The van der Waals surface area contributed by atoms with E-state index in [9.17, 15) is 0 Å². The van der Waals surface area contributed by atoms with Gasteiger partial charge in [-0.3, -0.25) is 4.90 Å². The van der Waals surface area contributed by atoms with E-state index in [0.717, 1.165) is 19.7 Å². The van der Waals surface area contributed by atoms with Gasteiger partial charge in [0.1, 0.15) is 0 Å². The van der Waals surface area contributed by atoms with E-state index in [1.165, 1.54) is 34.6 Å². The summed E-state index contributed by atoms with van der Waals surface area (Å²) >= 11 is 1.85. The Morgan fingerprint density at radius 2 is 2.39 bits per heavy atom. The Balaban J connectivity index is 1.72. The third-order valence-corrected chi connectivity index (χ3v) is 5.36. The van der Waals surface area contributed by atoms with Crippen LogP contribution in [-0.2, 0) is 17.8 Å². The Bertz CT molecular complexity index is 418. The van der Waals surface area contributed by atoms with Crippen LogP contribution >= 0.6 is 11.3 Å². The van der Waals surface area contributed by atoms with Crippen molar-refractivity contribution in [3.8, 4) is 0 Å². The molecule has 4 heteroatoms. The number of ether oxygens (including phenoxy) is 1. The van der Waals surface area contributed by atoms with Crippen molar-refractivity contribution in [3.05, 3.63) is 21.4 Å². The molecule has 100 valence electrons. The Hall–Kier alpha value is -0.420. The van der Waals surface area contributed by atoms with Crippen LogP contribution in [0.2, 0.25) is 0 Å². The topological polar surface area (TPSA) is 38.5 Å². The number of nitrogens with two attached hydrogens (primary N) is 1. The van der Waals surface area contributed by atoms with Gasteiger partial charge in [0.15, 0.2) is 0 Å². The zero-order valence-corrected chi connectivity index (χ0v) is 11.8. The molecule has 1 aromatic rings. The summed E-state index contributed by atoms with van der Waals surface area (Å²) in [5.74, 6) is 0. The van der Waals surface area contributed by atoms with Gasteiger partial charge < -0.3 is 10.5 Å². The quantitative estimate of drug-likeness (QED) is 0.912. The molecule has 1 aliphatic heterocycles. The highest BCUT2D eigenvalue weighted by atomic mass is 32.1. The molecule has 0 aromatic carbocycles. The second-order valence-electron chi connectivity index (χ2n) is 5.38. The predicted octanol–water partition coefficient (Wildman–Crippen LogP) is 2.27. The molecular formula is C14H22N2OS. The maximum Gasteiger partial charge on any atom is 0.0731 e. The summed E-state index contributed by atoms with van der Waals surface area (Å²) in [7, 11) is 0. The SMILES string of the molecule is Cc1sc(CN)cc1CN1CCOC2CCCC21. The predicted molar refractivity (Wildman–Crippen MR) is 74.7 cm³/mol. The summed E-state index contributed by atoms with van der Waals surface area (Å²) in [4.78, 5) is 5.35. The number of aryl methyl sites for hydroxylation is 1. The van der Waals surface area contributed by atoms with Gasteiger partial charge in [-0.25, -0.2) is 0 Å². The zero-order chi connectivity index (χ0) is 12.5. The number of hydrogen-bond donors (Lipinski definition) is 1. The molecule has 0 bridgehead atoms. The summed E-state index contributed by atoms with van der Waals surface area (Å²) in [6.45, 7) is 5.93. The second-order valence-corrected chi connectivity index (χ2v) is 6.72. The number of thiophene rings is 1. The van der Waals surface area contributed by atoms with Gasteiger partial charge >= 0.3 is 0 Å². The molecule has 2 heterocycles.